The molecule has 0 radical (unpaired) electrons. The monoisotopic (exact) mass is 655 g/mol. The summed E-state index contributed by atoms with van der Waals surface area (Å²) in [7, 11) is 0. The maximum atomic E-state index is 13.7. The van der Waals surface area contributed by atoms with Gasteiger partial charge in [-0.05, 0) is 58.1 Å². The fourth-order valence-electron chi connectivity index (χ4n) is 4.45. The van der Waals surface area contributed by atoms with E-state index >= 15 is 0 Å². The van der Waals surface area contributed by atoms with Gasteiger partial charge in [-0.3, -0.25) is 24.3 Å². The summed E-state index contributed by atoms with van der Waals surface area (Å²) >= 11 is 0. The van der Waals surface area contributed by atoms with Gasteiger partial charge in [0, 0.05) is 29.8 Å². The molecule has 254 valence electrons. The number of halogens is 3. The molecular weight excluding hydrogens is 615 g/mol. The van der Waals surface area contributed by atoms with Gasteiger partial charge in [0.05, 0.1) is 12.1 Å². The van der Waals surface area contributed by atoms with E-state index in [0.29, 0.717) is 6.07 Å². The van der Waals surface area contributed by atoms with Gasteiger partial charge in [-0.2, -0.15) is 13.2 Å². The summed E-state index contributed by atoms with van der Waals surface area (Å²) in [6.45, 7) is 7.90. The average molecular weight is 656 g/mol. The van der Waals surface area contributed by atoms with Crippen molar-refractivity contribution in [2.75, 3.05) is 18.0 Å². The Morgan fingerprint density at radius 3 is 2.26 bits per heavy atom. The van der Waals surface area contributed by atoms with E-state index in [1.54, 1.807) is 20.8 Å². The summed E-state index contributed by atoms with van der Waals surface area (Å²) in [5.74, 6) is -2.90. The van der Waals surface area contributed by atoms with Gasteiger partial charge in [0.1, 0.15) is 23.3 Å². The Morgan fingerprint density at radius 2 is 1.72 bits per heavy atom. The molecule has 1 heterocycles. The van der Waals surface area contributed by atoms with Crippen molar-refractivity contribution in [1.82, 2.24) is 10.6 Å². The number of aliphatic imine (C=N–C) groups is 1. The van der Waals surface area contributed by atoms with E-state index in [1.807, 2.05) is 13.8 Å². The standard InChI is InChI=1S/C29H40F3N7O7/c1-15(2)11-19(38-27(44)46-28(3,4)5)25(43)37-14-22(40)39(20(24(33)42)7-6-10-36-26(34)35)16-8-9-17-18(29(30,31)32)13-23(41)45-21(17)12-16/h8-9,12-13,15,19-20H,6-7,10-11,14H2,1-5H3,(H2,33,42)(H,37,43)(H,38,44)(H4,34,35,36)/t19-,20-/m0/s1. The number of fused-ring (bicyclic) bond motifs is 1. The number of hydrogen-bond acceptors (Lipinski definition) is 8. The lowest BCUT2D eigenvalue weighted by Gasteiger charge is -2.30. The number of carbonyl (C=O) groups excluding carboxylic acids is 4. The molecule has 0 fully saturated rings. The number of carbonyl (C=O) groups is 4. The lowest BCUT2D eigenvalue weighted by Crippen LogP contribution is -2.54. The molecule has 2 atom stereocenters. The van der Waals surface area contributed by atoms with Crippen LogP contribution in [-0.2, 0) is 25.3 Å². The second-order valence-corrected chi connectivity index (χ2v) is 11.8. The van der Waals surface area contributed by atoms with E-state index in [-0.39, 0.29) is 43.4 Å². The van der Waals surface area contributed by atoms with Gasteiger partial charge in [0.15, 0.2) is 5.96 Å². The molecular formula is C29H40F3N7O7. The third kappa shape index (κ3) is 11.3. The number of ether oxygens (including phenoxy) is 1. The predicted molar refractivity (Wildman–Crippen MR) is 163 cm³/mol. The Bertz CT molecular complexity index is 1510. The summed E-state index contributed by atoms with van der Waals surface area (Å²) in [6, 6.07) is 0.905. The Hall–Kier alpha value is -4.83. The number of anilines is 1. The fraction of sp³-hybridized carbons (Fsp3) is 0.517. The van der Waals surface area contributed by atoms with Crippen LogP contribution in [0.5, 0.6) is 0 Å². The number of alkyl carbamates (subject to hydrolysis) is 1. The van der Waals surface area contributed by atoms with Gasteiger partial charge in [-0.1, -0.05) is 13.8 Å². The van der Waals surface area contributed by atoms with Crippen molar-refractivity contribution in [2.24, 2.45) is 28.1 Å². The van der Waals surface area contributed by atoms with Crippen LogP contribution in [0.4, 0.5) is 23.7 Å². The number of hydrogen-bond donors (Lipinski definition) is 5. The minimum absolute atomic E-state index is 0.0552. The summed E-state index contributed by atoms with van der Waals surface area (Å²) in [5.41, 5.74) is 12.3. The molecule has 2 rings (SSSR count). The lowest BCUT2D eigenvalue weighted by molar-refractivity contribution is -0.136. The Balaban J connectivity index is 2.49. The first-order valence-corrected chi connectivity index (χ1v) is 14.3. The van der Waals surface area contributed by atoms with Gasteiger partial charge < -0.3 is 37.0 Å². The molecule has 0 bridgehead atoms. The molecule has 0 spiro atoms. The zero-order valence-electron chi connectivity index (χ0n) is 26.2. The van der Waals surface area contributed by atoms with Gasteiger partial charge >= 0.3 is 17.9 Å². The van der Waals surface area contributed by atoms with Crippen molar-refractivity contribution in [1.29, 1.82) is 0 Å². The minimum atomic E-state index is -4.89. The first kappa shape index (κ1) is 37.4. The van der Waals surface area contributed by atoms with Crippen LogP contribution >= 0.6 is 0 Å². The van der Waals surface area contributed by atoms with Crippen LogP contribution in [0, 0.1) is 5.92 Å². The molecule has 0 aliphatic rings. The van der Waals surface area contributed by atoms with Crippen LogP contribution in [0.2, 0.25) is 0 Å². The Morgan fingerprint density at radius 1 is 1.07 bits per heavy atom. The van der Waals surface area contributed by atoms with Crippen molar-refractivity contribution in [3.8, 4) is 0 Å². The van der Waals surface area contributed by atoms with E-state index in [4.69, 9.17) is 26.4 Å². The molecule has 0 unspecified atom stereocenters. The summed E-state index contributed by atoms with van der Waals surface area (Å²) in [4.78, 5) is 68.5. The number of guanidine groups is 1. The molecule has 2 aromatic rings. The number of benzene rings is 1. The zero-order valence-corrected chi connectivity index (χ0v) is 26.2. The van der Waals surface area contributed by atoms with Crippen molar-refractivity contribution in [2.45, 2.75) is 77.7 Å². The van der Waals surface area contributed by atoms with E-state index in [0.717, 1.165) is 23.1 Å². The topological polar surface area (TPSA) is 225 Å². The maximum Gasteiger partial charge on any atom is 0.417 e. The van der Waals surface area contributed by atoms with Crippen molar-refractivity contribution >= 4 is 46.4 Å². The minimum Gasteiger partial charge on any atom is -0.444 e. The second-order valence-electron chi connectivity index (χ2n) is 11.8. The van der Waals surface area contributed by atoms with Crippen LogP contribution in [0.3, 0.4) is 0 Å². The van der Waals surface area contributed by atoms with Crippen LogP contribution in [0.1, 0.15) is 59.4 Å². The van der Waals surface area contributed by atoms with Crippen LogP contribution < -0.4 is 38.4 Å². The predicted octanol–water partition coefficient (Wildman–Crippen LogP) is 2.11. The lowest BCUT2D eigenvalue weighted by atomic mass is 10.0. The number of nitrogens with one attached hydrogen (secondary N) is 2. The molecule has 0 aliphatic carbocycles. The molecule has 0 saturated carbocycles. The highest BCUT2D eigenvalue weighted by Gasteiger charge is 2.35. The molecule has 17 heteroatoms. The van der Waals surface area contributed by atoms with Crippen LogP contribution in [0.15, 0.2) is 38.5 Å². The van der Waals surface area contributed by atoms with Crippen molar-refractivity contribution in [3.05, 3.63) is 40.2 Å². The molecule has 1 aromatic heterocycles. The first-order chi connectivity index (χ1) is 21.2. The zero-order chi connectivity index (χ0) is 35.0. The smallest absolute Gasteiger partial charge is 0.417 e. The van der Waals surface area contributed by atoms with Gasteiger partial charge in [-0.25, -0.2) is 9.59 Å². The fourth-order valence-corrected chi connectivity index (χ4v) is 4.45. The number of nitrogens with two attached hydrogens (primary N) is 3. The highest BCUT2D eigenvalue weighted by Crippen LogP contribution is 2.35. The quantitative estimate of drug-likeness (QED) is 0.0920. The van der Waals surface area contributed by atoms with Gasteiger partial charge in [0.2, 0.25) is 17.7 Å². The summed E-state index contributed by atoms with van der Waals surface area (Å²) in [5, 5.41) is 4.44. The van der Waals surface area contributed by atoms with E-state index in [2.05, 4.69) is 15.6 Å². The van der Waals surface area contributed by atoms with Crippen molar-refractivity contribution in [3.63, 3.8) is 0 Å². The molecule has 4 amide bonds. The van der Waals surface area contributed by atoms with E-state index < -0.39 is 76.4 Å². The normalized spacial score (nSPS) is 13.1. The maximum absolute atomic E-state index is 13.7. The third-order valence-corrected chi connectivity index (χ3v) is 6.28. The van der Waals surface area contributed by atoms with Gasteiger partial charge in [-0.15, -0.1) is 0 Å². The first-order valence-electron chi connectivity index (χ1n) is 14.3. The number of alkyl halides is 3. The third-order valence-electron chi connectivity index (χ3n) is 6.28. The van der Waals surface area contributed by atoms with Crippen LogP contribution in [0.25, 0.3) is 11.0 Å². The average Bonchev–Trinajstić information content (AvgIpc) is 2.89. The van der Waals surface area contributed by atoms with E-state index in [9.17, 15) is 37.1 Å². The molecule has 1 aromatic carbocycles. The van der Waals surface area contributed by atoms with Crippen molar-refractivity contribution < 1.29 is 41.5 Å². The van der Waals surface area contributed by atoms with Gasteiger partial charge in [0.25, 0.3) is 0 Å². The number of amides is 4. The Kier molecular flexibility index (Phi) is 12.5. The number of rotatable bonds is 13. The molecule has 14 nitrogen and oxygen atoms in total. The second kappa shape index (κ2) is 15.4. The van der Waals surface area contributed by atoms with E-state index in [1.165, 1.54) is 0 Å². The molecule has 0 saturated heterocycles. The summed E-state index contributed by atoms with van der Waals surface area (Å²) < 4.78 is 51.1. The SMILES string of the molecule is CC(C)C[C@H](NC(=O)OC(C)(C)C)C(=O)NCC(=O)N(c1ccc2c(C(F)(F)F)cc(=O)oc2c1)[C@@H](CCCN=C(N)N)C(N)=O. The summed E-state index contributed by atoms with van der Waals surface area (Å²) in [6.07, 6.45) is -5.50. The highest BCUT2D eigenvalue weighted by atomic mass is 19.4. The molecule has 46 heavy (non-hydrogen) atoms. The Labute approximate surface area is 262 Å². The number of primary amides is 1. The molecule has 8 N–H and O–H groups in total. The largest absolute Gasteiger partial charge is 0.444 e. The van der Waals surface area contributed by atoms with Crippen LogP contribution in [-0.4, -0.2) is 60.5 Å². The number of nitrogens with zero attached hydrogens (tertiary/aromatic N) is 2. The highest BCUT2D eigenvalue weighted by molar-refractivity contribution is 6.04. The molecule has 0 aliphatic heterocycles.